The second kappa shape index (κ2) is 5.46. The predicted octanol–water partition coefficient (Wildman–Crippen LogP) is 1.83. The summed E-state index contributed by atoms with van der Waals surface area (Å²) < 4.78 is 3.05. The molecule has 6 heteroatoms. The molecular weight excluding hydrogens is 258 g/mol. The molecule has 19 heavy (non-hydrogen) atoms. The Morgan fingerprint density at radius 1 is 1.26 bits per heavy atom. The van der Waals surface area contributed by atoms with Crippen molar-refractivity contribution in [2.24, 2.45) is 5.73 Å². The summed E-state index contributed by atoms with van der Waals surface area (Å²) in [7, 11) is 0. The third-order valence-electron chi connectivity index (χ3n) is 2.86. The fourth-order valence-corrected chi connectivity index (χ4v) is 2.90. The van der Waals surface area contributed by atoms with Crippen molar-refractivity contribution >= 4 is 21.6 Å². The summed E-state index contributed by atoms with van der Waals surface area (Å²) in [6.07, 6.45) is 3.80. The fraction of sp³-hybridized carbons (Fsp3) is 0.308. The molecule has 3 aromatic rings. The highest BCUT2D eigenvalue weighted by Gasteiger charge is 2.06. The first-order valence-corrected chi connectivity index (χ1v) is 7.10. The zero-order valence-electron chi connectivity index (χ0n) is 10.5. The Kier molecular flexibility index (Phi) is 3.52. The van der Waals surface area contributed by atoms with Crippen LogP contribution >= 0.6 is 11.3 Å². The van der Waals surface area contributed by atoms with Crippen LogP contribution in [0.15, 0.2) is 30.5 Å². The number of aromatic nitrogens is 4. The first-order chi connectivity index (χ1) is 9.35. The van der Waals surface area contributed by atoms with E-state index >= 15 is 0 Å². The molecule has 1 aromatic carbocycles. The van der Waals surface area contributed by atoms with Gasteiger partial charge in [0.05, 0.1) is 22.5 Å². The maximum atomic E-state index is 5.49. The zero-order chi connectivity index (χ0) is 13.1. The van der Waals surface area contributed by atoms with Crippen LogP contribution < -0.4 is 5.73 Å². The second-order valence-electron chi connectivity index (χ2n) is 4.38. The summed E-state index contributed by atoms with van der Waals surface area (Å²) in [5.74, 6) is 0. The van der Waals surface area contributed by atoms with Crippen molar-refractivity contribution in [3.8, 4) is 0 Å². The summed E-state index contributed by atoms with van der Waals surface area (Å²) in [4.78, 5) is 4.59. The Morgan fingerprint density at radius 3 is 3.00 bits per heavy atom. The van der Waals surface area contributed by atoms with Gasteiger partial charge in [0.1, 0.15) is 5.01 Å². The van der Waals surface area contributed by atoms with Gasteiger partial charge >= 0.3 is 0 Å². The molecule has 5 nitrogen and oxygen atoms in total. The number of nitrogens with two attached hydrogens (primary N) is 1. The summed E-state index contributed by atoms with van der Waals surface area (Å²) in [5, 5.41) is 9.32. The van der Waals surface area contributed by atoms with E-state index in [-0.39, 0.29) is 0 Å². The van der Waals surface area contributed by atoms with Crippen molar-refractivity contribution in [3.05, 3.63) is 41.2 Å². The minimum absolute atomic E-state index is 0.676. The maximum absolute atomic E-state index is 5.49. The fourth-order valence-electron chi connectivity index (χ4n) is 1.94. The van der Waals surface area contributed by atoms with Crippen LogP contribution in [0.3, 0.4) is 0 Å². The van der Waals surface area contributed by atoms with Gasteiger partial charge in [-0.25, -0.2) is 9.67 Å². The molecule has 0 radical (unpaired) electrons. The molecule has 2 heterocycles. The van der Waals surface area contributed by atoms with Crippen molar-refractivity contribution in [1.29, 1.82) is 0 Å². The highest BCUT2D eigenvalue weighted by molar-refractivity contribution is 7.18. The molecule has 0 bridgehead atoms. The van der Waals surface area contributed by atoms with E-state index < -0.39 is 0 Å². The van der Waals surface area contributed by atoms with Crippen molar-refractivity contribution in [2.75, 3.05) is 6.54 Å². The number of nitrogens with zero attached hydrogens (tertiary/aromatic N) is 4. The van der Waals surface area contributed by atoms with Gasteiger partial charge in [-0.05, 0) is 31.5 Å². The van der Waals surface area contributed by atoms with E-state index in [1.807, 2.05) is 29.1 Å². The van der Waals surface area contributed by atoms with E-state index in [1.54, 1.807) is 11.3 Å². The van der Waals surface area contributed by atoms with E-state index in [4.69, 9.17) is 5.73 Å². The molecule has 3 rings (SSSR count). The Morgan fingerprint density at radius 2 is 2.16 bits per heavy atom. The maximum Gasteiger partial charge on any atom is 0.115 e. The third-order valence-corrected chi connectivity index (χ3v) is 3.88. The molecule has 0 unspecified atom stereocenters. The third kappa shape index (κ3) is 2.80. The number of hydrogen-bond acceptors (Lipinski definition) is 5. The Balaban J connectivity index is 1.75. The Bertz CT molecular complexity index is 639. The molecule has 0 aliphatic carbocycles. The van der Waals surface area contributed by atoms with Gasteiger partial charge in [0.15, 0.2) is 0 Å². The van der Waals surface area contributed by atoms with Gasteiger partial charge in [-0.15, -0.1) is 16.4 Å². The van der Waals surface area contributed by atoms with E-state index in [2.05, 4.69) is 21.4 Å². The van der Waals surface area contributed by atoms with Crippen LogP contribution in [0.5, 0.6) is 0 Å². The number of rotatable bonds is 5. The average Bonchev–Trinajstić information content (AvgIpc) is 3.02. The van der Waals surface area contributed by atoms with Crippen LogP contribution in [0.4, 0.5) is 0 Å². The lowest BCUT2D eigenvalue weighted by Crippen LogP contribution is -2.00. The number of hydrogen-bond donors (Lipinski definition) is 1. The molecule has 0 fully saturated rings. The lowest BCUT2D eigenvalue weighted by molar-refractivity contribution is 0.647. The predicted molar refractivity (Wildman–Crippen MR) is 76.1 cm³/mol. The molecule has 2 N–H and O–H groups in total. The van der Waals surface area contributed by atoms with Gasteiger partial charge in [0.25, 0.3) is 0 Å². The Labute approximate surface area is 115 Å². The van der Waals surface area contributed by atoms with Gasteiger partial charge in [0.2, 0.25) is 0 Å². The van der Waals surface area contributed by atoms with Crippen molar-refractivity contribution < 1.29 is 0 Å². The quantitative estimate of drug-likeness (QED) is 0.770. The molecule has 98 valence electrons. The zero-order valence-corrected chi connectivity index (χ0v) is 11.3. The van der Waals surface area contributed by atoms with Gasteiger partial charge in [0, 0.05) is 6.20 Å². The van der Waals surface area contributed by atoms with E-state index in [0.717, 1.165) is 29.1 Å². The minimum Gasteiger partial charge on any atom is -0.330 e. The smallest absolute Gasteiger partial charge is 0.115 e. The lowest BCUT2D eigenvalue weighted by atomic mass is 10.2. The molecule has 0 amide bonds. The number of thiazole rings is 1. The molecule has 2 aromatic heterocycles. The van der Waals surface area contributed by atoms with E-state index in [0.29, 0.717) is 13.1 Å². The largest absolute Gasteiger partial charge is 0.330 e. The first kappa shape index (κ1) is 12.3. The van der Waals surface area contributed by atoms with Crippen LogP contribution in [0, 0.1) is 0 Å². The van der Waals surface area contributed by atoms with Crippen molar-refractivity contribution in [1.82, 2.24) is 20.0 Å². The molecule has 0 aliphatic rings. The molecule has 0 saturated carbocycles. The lowest BCUT2D eigenvalue weighted by Gasteiger charge is -1.94. The highest BCUT2D eigenvalue weighted by Crippen LogP contribution is 2.21. The first-order valence-electron chi connectivity index (χ1n) is 6.28. The van der Waals surface area contributed by atoms with Crippen LogP contribution in [0.2, 0.25) is 0 Å². The highest BCUT2D eigenvalue weighted by atomic mass is 32.1. The standard InChI is InChI=1S/C13H15N5S/c14-7-3-4-10-8-18(17-16-10)9-13-15-11-5-1-2-6-12(11)19-13/h1-2,5-6,8H,3-4,7,9,14H2. The van der Waals surface area contributed by atoms with Crippen LogP contribution in [0.1, 0.15) is 17.1 Å². The van der Waals surface area contributed by atoms with Gasteiger partial charge < -0.3 is 5.73 Å². The van der Waals surface area contributed by atoms with E-state index in [1.165, 1.54) is 4.70 Å². The monoisotopic (exact) mass is 273 g/mol. The number of fused-ring (bicyclic) bond motifs is 1. The summed E-state index contributed by atoms with van der Waals surface area (Å²) in [6, 6.07) is 8.16. The summed E-state index contributed by atoms with van der Waals surface area (Å²) in [5.41, 5.74) is 7.53. The minimum atomic E-state index is 0.676. The molecular formula is C13H15N5S. The van der Waals surface area contributed by atoms with E-state index in [9.17, 15) is 0 Å². The summed E-state index contributed by atoms with van der Waals surface area (Å²) in [6.45, 7) is 1.36. The van der Waals surface area contributed by atoms with Crippen molar-refractivity contribution in [3.63, 3.8) is 0 Å². The van der Waals surface area contributed by atoms with Gasteiger partial charge in [-0.3, -0.25) is 0 Å². The van der Waals surface area contributed by atoms with Crippen LogP contribution in [0.25, 0.3) is 10.2 Å². The van der Waals surface area contributed by atoms with Gasteiger partial charge in [-0.2, -0.15) is 0 Å². The molecule has 0 aliphatic heterocycles. The molecule has 0 saturated heterocycles. The van der Waals surface area contributed by atoms with Crippen LogP contribution in [-0.2, 0) is 13.0 Å². The SMILES string of the molecule is NCCCc1cn(Cc2nc3ccccc3s2)nn1. The van der Waals surface area contributed by atoms with Gasteiger partial charge in [-0.1, -0.05) is 17.3 Å². The number of para-hydroxylation sites is 1. The second-order valence-corrected chi connectivity index (χ2v) is 5.49. The summed E-state index contributed by atoms with van der Waals surface area (Å²) >= 11 is 1.70. The molecule has 0 atom stereocenters. The normalized spacial score (nSPS) is 11.2. The average molecular weight is 273 g/mol. The van der Waals surface area contributed by atoms with Crippen LogP contribution in [-0.4, -0.2) is 26.5 Å². The number of benzene rings is 1. The van der Waals surface area contributed by atoms with Crippen molar-refractivity contribution in [2.45, 2.75) is 19.4 Å². The number of aryl methyl sites for hydroxylation is 1. The topological polar surface area (TPSA) is 69.6 Å². The molecule has 0 spiro atoms. The Hall–Kier alpha value is -1.79.